The third-order valence-electron chi connectivity index (χ3n) is 5.41. The Morgan fingerprint density at radius 3 is 2.52 bits per heavy atom. The van der Waals surface area contributed by atoms with E-state index in [1.807, 2.05) is 37.4 Å². The van der Waals surface area contributed by atoms with E-state index in [-0.39, 0.29) is 6.61 Å². The van der Waals surface area contributed by atoms with Crippen molar-refractivity contribution in [2.24, 2.45) is 0 Å². The van der Waals surface area contributed by atoms with Crippen LogP contribution in [0.5, 0.6) is 5.75 Å². The third kappa shape index (κ3) is 5.38. The Balaban J connectivity index is 1.56. The molecule has 5 nitrogen and oxygen atoms in total. The fraction of sp³-hybridized carbons (Fsp3) is 0.417. The predicted molar refractivity (Wildman–Crippen MR) is 117 cm³/mol. The first-order valence-electron chi connectivity index (χ1n) is 10.2. The number of likely N-dealkylation sites (N-methyl/N-ethyl adjacent to an activating group) is 1. The molecule has 3 aromatic rings. The first kappa shape index (κ1) is 21.4. The Hall–Kier alpha value is -2.34. The Kier molecular flexibility index (Phi) is 7.31. The van der Waals surface area contributed by atoms with Gasteiger partial charge in [0.05, 0.1) is 19.3 Å². The molecule has 156 valence electrons. The van der Waals surface area contributed by atoms with Gasteiger partial charge in [0.2, 0.25) is 0 Å². The molecule has 2 N–H and O–H groups in total. The number of fused-ring (bicyclic) bond motifs is 1. The fourth-order valence-electron chi connectivity index (χ4n) is 3.79. The van der Waals surface area contributed by atoms with E-state index < -0.39 is 6.10 Å². The summed E-state index contributed by atoms with van der Waals surface area (Å²) < 4.78 is 7.79. The van der Waals surface area contributed by atoms with Gasteiger partial charge in [0.1, 0.15) is 5.75 Å². The van der Waals surface area contributed by atoms with Crippen molar-refractivity contribution >= 4 is 10.9 Å². The number of benzene rings is 2. The second kappa shape index (κ2) is 9.92. The molecular weight excluding hydrogens is 364 g/mol. The smallest absolute Gasteiger partial charge is 0.119 e. The van der Waals surface area contributed by atoms with Crippen LogP contribution < -0.4 is 4.74 Å². The van der Waals surface area contributed by atoms with Crippen molar-refractivity contribution in [1.29, 1.82) is 0 Å². The van der Waals surface area contributed by atoms with E-state index in [0.29, 0.717) is 26.1 Å². The standard InChI is InChI=1S/C24H32N2O3/c1-18-19(2)26(24-8-5-4-7-23(18)24)17-21(28)16-25(3)15-20-9-11-22(12-10-20)29-14-6-13-27/h4-5,7-12,21,27-28H,6,13-17H2,1-3H3. The van der Waals surface area contributed by atoms with Gasteiger partial charge >= 0.3 is 0 Å². The van der Waals surface area contributed by atoms with E-state index in [1.165, 1.54) is 27.7 Å². The zero-order chi connectivity index (χ0) is 20.8. The summed E-state index contributed by atoms with van der Waals surface area (Å²) in [5, 5.41) is 20.8. The molecule has 0 bridgehead atoms. The van der Waals surface area contributed by atoms with Gasteiger partial charge in [-0.05, 0) is 50.2 Å². The van der Waals surface area contributed by atoms with Crippen molar-refractivity contribution in [3.63, 3.8) is 0 Å². The van der Waals surface area contributed by atoms with Gasteiger partial charge in [-0.25, -0.2) is 0 Å². The first-order valence-corrected chi connectivity index (χ1v) is 10.2. The molecule has 29 heavy (non-hydrogen) atoms. The van der Waals surface area contributed by atoms with Crippen LogP contribution in [0.2, 0.25) is 0 Å². The number of hydrogen-bond acceptors (Lipinski definition) is 4. The second-order valence-corrected chi connectivity index (χ2v) is 7.76. The molecule has 0 aliphatic heterocycles. The van der Waals surface area contributed by atoms with E-state index in [9.17, 15) is 5.11 Å². The maximum atomic E-state index is 10.7. The van der Waals surface area contributed by atoms with Crippen LogP contribution in [0.3, 0.4) is 0 Å². The molecule has 1 unspecified atom stereocenters. The van der Waals surface area contributed by atoms with Gasteiger partial charge in [-0.15, -0.1) is 0 Å². The van der Waals surface area contributed by atoms with Gasteiger partial charge in [0.15, 0.2) is 0 Å². The number of aryl methyl sites for hydroxylation is 1. The summed E-state index contributed by atoms with van der Waals surface area (Å²) in [6.45, 7) is 6.87. The molecule has 2 aromatic carbocycles. The van der Waals surface area contributed by atoms with Crippen LogP contribution in [0, 0.1) is 13.8 Å². The normalized spacial score (nSPS) is 12.6. The minimum atomic E-state index is -0.449. The molecule has 0 saturated carbocycles. The number of aliphatic hydroxyl groups is 2. The van der Waals surface area contributed by atoms with Gasteiger partial charge in [-0.2, -0.15) is 0 Å². The first-order chi connectivity index (χ1) is 14.0. The lowest BCUT2D eigenvalue weighted by atomic mass is 10.2. The lowest BCUT2D eigenvalue weighted by Gasteiger charge is -2.22. The highest BCUT2D eigenvalue weighted by molar-refractivity contribution is 5.85. The van der Waals surface area contributed by atoms with Crippen LogP contribution in [0.15, 0.2) is 48.5 Å². The molecule has 0 spiro atoms. The molecule has 1 heterocycles. The molecule has 3 rings (SSSR count). The summed E-state index contributed by atoms with van der Waals surface area (Å²) in [5.41, 5.74) is 4.85. The van der Waals surface area contributed by atoms with E-state index in [4.69, 9.17) is 9.84 Å². The summed E-state index contributed by atoms with van der Waals surface area (Å²) in [4.78, 5) is 2.14. The van der Waals surface area contributed by atoms with Gasteiger partial charge in [0.25, 0.3) is 0 Å². The fourth-order valence-corrected chi connectivity index (χ4v) is 3.79. The number of aliphatic hydroxyl groups excluding tert-OH is 2. The molecule has 0 amide bonds. The molecule has 0 saturated heterocycles. The Morgan fingerprint density at radius 2 is 1.79 bits per heavy atom. The van der Waals surface area contributed by atoms with Crippen molar-refractivity contribution in [3.8, 4) is 5.75 Å². The van der Waals surface area contributed by atoms with E-state index in [1.54, 1.807) is 0 Å². The predicted octanol–water partition coefficient (Wildman–Crippen LogP) is 3.51. The van der Waals surface area contributed by atoms with Gasteiger partial charge in [-0.3, -0.25) is 4.90 Å². The molecule has 0 aliphatic rings. The third-order valence-corrected chi connectivity index (χ3v) is 5.41. The minimum absolute atomic E-state index is 0.142. The topological polar surface area (TPSA) is 57.9 Å². The van der Waals surface area contributed by atoms with Gasteiger partial charge in [0, 0.05) is 42.7 Å². The summed E-state index contributed by atoms with van der Waals surface area (Å²) in [6, 6.07) is 16.4. The van der Waals surface area contributed by atoms with E-state index >= 15 is 0 Å². The summed E-state index contributed by atoms with van der Waals surface area (Å²) in [6.07, 6.45) is 0.188. The minimum Gasteiger partial charge on any atom is -0.494 e. The quantitative estimate of drug-likeness (QED) is 0.515. The van der Waals surface area contributed by atoms with Crippen molar-refractivity contribution in [1.82, 2.24) is 9.47 Å². The Morgan fingerprint density at radius 1 is 1.07 bits per heavy atom. The van der Waals surface area contributed by atoms with Crippen molar-refractivity contribution in [2.75, 3.05) is 26.8 Å². The number of hydrogen-bond donors (Lipinski definition) is 2. The Labute approximate surface area is 173 Å². The SMILES string of the molecule is Cc1c(C)n(CC(O)CN(C)Cc2ccc(OCCCO)cc2)c2ccccc12. The van der Waals surface area contributed by atoms with Crippen molar-refractivity contribution < 1.29 is 14.9 Å². The number of nitrogens with zero attached hydrogens (tertiary/aromatic N) is 2. The lowest BCUT2D eigenvalue weighted by Crippen LogP contribution is -2.32. The molecule has 1 aromatic heterocycles. The molecular formula is C24H32N2O3. The van der Waals surface area contributed by atoms with Crippen LogP contribution >= 0.6 is 0 Å². The summed E-state index contributed by atoms with van der Waals surface area (Å²) in [5.74, 6) is 0.815. The molecule has 0 fully saturated rings. The molecule has 0 radical (unpaired) electrons. The lowest BCUT2D eigenvalue weighted by molar-refractivity contribution is 0.108. The highest BCUT2D eigenvalue weighted by atomic mass is 16.5. The Bertz CT molecular complexity index is 918. The summed E-state index contributed by atoms with van der Waals surface area (Å²) >= 11 is 0. The van der Waals surface area contributed by atoms with Crippen LogP contribution in [-0.4, -0.2) is 52.6 Å². The van der Waals surface area contributed by atoms with Crippen LogP contribution in [-0.2, 0) is 13.1 Å². The van der Waals surface area contributed by atoms with Gasteiger partial charge in [-0.1, -0.05) is 30.3 Å². The highest BCUT2D eigenvalue weighted by Gasteiger charge is 2.15. The van der Waals surface area contributed by atoms with Gasteiger partial charge < -0.3 is 19.5 Å². The van der Waals surface area contributed by atoms with Crippen LogP contribution in [0.25, 0.3) is 10.9 Å². The monoisotopic (exact) mass is 396 g/mol. The van der Waals surface area contributed by atoms with Crippen LogP contribution in [0.4, 0.5) is 0 Å². The van der Waals surface area contributed by atoms with Crippen molar-refractivity contribution in [2.45, 2.75) is 39.5 Å². The summed E-state index contributed by atoms with van der Waals surface area (Å²) in [7, 11) is 2.03. The molecule has 5 heteroatoms. The maximum Gasteiger partial charge on any atom is 0.119 e. The average molecular weight is 397 g/mol. The molecule has 0 aliphatic carbocycles. The zero-order valence-corrected chi connectivity index (χ0v) is 17.6. The van der Waals surface area contributed by atoms with Crippen LogP contribution in [0.1, 0.15) is 23.2 Å². The number of para-hydroxylation sites is 1. The van der Waals surface area contributed by atoms with E-state index in [0.717, 1.165) is 12.3 Å². The zero-order valence-electron chi connectivity index (χ0n) is 17.6. The average Bonchev–Trinajstić information content (AvgIpc) is 2.94. The van der Waals surface area contributed by atoms with Crippen molar-refractivity contribution in [3.05, 3.63) is 65.4 Å². The molecule has 1 atom stereocenters. The maximum absolute atomic E-state index is 10.7. The number of rotatable bonds is 10. The highest BCUT2D eigenvalue weighted by Crippen LogP contribution is 2.25. The van der Waals surface area contributed by atoms with E-state index in [2.05, 4.69) is 41.5 Å². The largest absolute Gasteiger partial charge is 0.494 e. The number of aromatic nitrogens is 1. The second-order valence-electron chi connectivity index (χ2n) is 7.76. The number of ether oxygens (including phenoxy) is 1.